The third-order valence-electron chi connectivity index (χ3n) is 3.64. The van der Waals surface area contributed by atoms with Crippen LogP contribution in [-0.4, -0.2) is 26.9 Å². The molecule has 6 heteroatoms. The number of nitrogens with one attached hydrogen (secondary N) is 1. The van der Waals surface area contributed by atoms with Crippen LogP contribution >= 0.6 is 0 Å². The van der Waals surface area contributed by atoms with Crippen molar-refractivity contribution in [3.8, 4) is 17.1 Å². The van der Waals surface area contributed by atoms with Gasteiger partial charge in [0.15, 0.2) is 11.5 Å². The Labute approximate surface area is 125 Å². The van der Waals surface area contributed by atoms with Crippen molar-refractivity contribution in [3.05, 3.63) is 58.9 Å². The van der Waals surface area contributed by atoms with Gasteiger partial charge < -0.3 is 4.74 Å². The molecule has 0 saturated heterocycles. The van der Waals surface area contributed by atoms with Gasteiger partial charge in [0.05, 0.1) is 12.5 Å². The first-order valence-corrected chi connectivity index (χ1v) is 6.78. The number of nitrogens with zero attached hydrogens (tertiary/aromatic N) is 3. The highest BCUT2D eigenvalue weighted by molar-refractivity contribution is 5.93. The Hall–Kier alpha value is -3.15. The van der Waals surface area contributed by atoms with Crippen LogP contribution in [0.2, 0.25) is 0 Å². The zero-order valence-electron chi connectivity index (χ0n) is 11.8. The molecule has 0 bridgehead atoms. The molecule has 1 N–H and O–H groups in total. The summed E-state index contributed by atoms with van der Waals surface area (Å²) in [6.07, 6.45) is 0. The lowest BCUT2D eigenvalue weighted by atomic mass is 10.2. The van der Waals surface area contributed by atoms with Gasteiger partial charge in [-0.15, -0.1) is 10.2 Å². The maximum atomic E-state index is 12.2. The summed E-state index contributed by atoms with van der Waals surface area (Å²) in [4.78, 5) is 12.2. The summed E-state index contributed by atoms with van der Waals surface area (Å²) >= 11 is 0. The van der Waals surface area contributed by atoms with Gasteiger partial charge in [0.1, 0.15) is 5.75 Å². The monoisotopic (exact) mass is 292 g/mol. The fourth-order valence-corrected chi connectivity index (χ4v) is 2.53. The molecule has 0 amide bonds. The van der Waals surface area contributed by atoms with Crippen LogP contribution in [0, 0.1) is 0 Å². The second-order valence-electron chi connectivity index (χ2n) is 4.90. The summed E-state index contributed by atoms with van der Waals surface area (Å²) in [5.41, 5.74) is 1.30. The molecular formula is C16H12N4O2. The molecule has 4 aromatic rings. The summed E-state index contributed by atoms with van der Waals surface area (Å²) in [7, 11) is 1.62. The van der Waals surface area contributed by atoms with Crippen molar-refractivity contribution in [2.24, 2.45) is 0 Å². The highest BCUT2D eigenvalue weighted by Crippen LogP contribution is 2.22. The first kappa shape index (κ1) is 12.6. The third-order valence-corrected chi connectivity index (χ3v) is 3.64. The minimum atomic E-state index is -0.169. The van der Waals surface area contributed by atoms with E-state index in [4.69, 9.17) is 4.74 Å². The maximum Gasteiger partial charge on any atom is 0.270 e. The molecule has 0 saturated carbocycles. The average Bonchev–Trinajstić information content (AvgIpc) is 2.99. The van der Waals surface area contributed by atoms with E-state index in [2.05, 4.69) is 15.3 Å². The van der Waals surface area contributed by atoms with Crippen molar-refractivity contribution in [3.63, 3.8) is 0 Å². The molecule has 0 aliphatic carbocycles. The van der Waals surface area contributed by atoms with Gasteiger partial charge in [-0.05, 0) is 30.3 Å². The number of aromatic amines is 1. The minimum absolute atomic E-state index is 0.169. The molecule has 4 rings (SSSR count). The second-order valence-corrected chi connectivity index (χ2v) is 4.90. The van der Waals surface area contributed by atoms with Crippen LogP contribution in [0.1, 0.15) is 0 Å². The van der Waals surface area contributed by atoms with Gasteiger partial charge >= 0.3 is 0 Å². The van der Waals surface area contributed by atoms with E-state index < -0.39 is 0 Å². The zero-order chi connectivity index (χ0) is 15.1. The number of fused-ring (bicyclic) bond motifs is 3. The number of hydrogen-bond donors (Lipinski definition) is 1. The second kappa shape index (κ2) is 4.70. The summed E-state index contributed by atoms with van der Waals surface area (Å²) in [6.45, 7) is 0. The first-order valence-electron chi connectivity index (χ1n) is 6.78. The van der Waals surface area contributed by atoms with E-state index in [1.54, 1.807) is 17.7 Å². The topological polar surface area (TPSA) is 72.3 Å². The minimum Gasteiger partial charge on any atom is -0.497 e. The molecule has 2 heterocycles. The van der Waals surface area contributed by atoms with Crippen LogP contribution in [-0.2, 0) is 0 Å². The first-order chi connectivity index (χ1) is 10.8. The predicted molar refractivity (Wildman–Crippen MR) is 83.1 cm³/mol. The summed E-state index contributed by atoms with van der Waals surface area (Å²) in [6, 6.07) is 14.8. The number of aromatic nitrogens is 4. The fourth-order valence-electron chi connectivity index (χ4n) is 2.53. The Balaban J connectivity index is 2.01. The molecule has 0 aliphatic heterocycles. The highest BCUT2D eigenvalue weighted by Gasteiger charge is 2.12. The molecule has 0 aliphatic rings. The van der Waals surface area contributed by atoms with E-state index in [0.29, 0.717) is 16.9 Å². The quantitative estimate of drug-likeness (QED) is 0.615. The van der Waals surface area contributed by atoms with Gasteiger partial charge in [-0.2, -0.15) is 0 Å². The van der Waals surface area contributed by atoms with Crippen LogP contribution in [0.5, 0.6) is 5.75 Å². The number of H-pyrrole nitrogens is 1. The Morgan fingerprint density at radius 1 is 1.00 bits per heavy atom. The van der Waals surface area contributed by atoms with Crippen molar-refractivity contribution in [2.75, 3.05) is 7.11 Å². The van der Waals surface area contributed by atoms with E-state index in [-0.39, 0.29) is 5.56 Å². The van der Waals surface area contributed by atoms with Crippen molar-refractivity contribution in [1.29, 1.82) is 0 Å². The van der Waals surface area contributed by atoms with Crippen LogP contribution in [0.3, 0.4) is 0 Å². The maximum absolute atomic E-state index is 12.2. The van der Waals surface area contributed by atoms with Gasteiger partial charge in [-0.3, -0.25) is 9.89 Å². The molecule has 0 spiro atoms. The number of rotatable bonds is 2. The molecule has 0 fully saturated rings. The normalized spacial score (nSPS) is 11.1. The van der Waals surface area contributed by atoms with Gasteiger partial charge in [0.2, 0.25) is 0 Å². The average molecular weight is 292 g/mol. The van der Waals surface area contributed by atoms with Crippen LogP contribution in [0.25, 0.3) is 27.8 Å². The Morgan fingerprint density at radius 3 is 2.45 bits per heavy atom. The highest BCUT2D eigenvalue weighted by atomic mass is 16.5. The van der Waals surface area contributed by atoms with Crippen molar-refractivity contribution < 1.29 is 4.74 Å². The Kier molecular flexibility index (Phi) is 2.69. The lowest BCUT2D eigenvalue weighted by molar-refractivity contribution is 0.415. The molecule has 2 aromatic heterocycles. The molecule has 0 radical (unpaired) electrons. The van der Waals surface area contributed by atoms with E-state index in [1.165, 1.54) is 0 Å². The number of benzene rings is 2. The number of methoxy groups -OCH3 is 1. The van der Waals surface area contributed by atoms with Gasteiger partial charge in [-0.1, -0.05) is 18.2 Å². The summed E-state index contributed by atoms with van der Waals surface area (Å²) in [5, 5.41) is 12.6. The van der Waals surface area contributed by atoms with E-state index >= 15 is 0 Å². The van der Waals surface area contributed by atoms with Crippen molar-refractivity contribution in [2.45, 2.75) is 0 Å². The van der Waals surface area contributed by atoms with E-state index in [1.807, 2.05) is 42.5 Å². The van der Waals surface area contributed by atoms with Gasteiger partial charge in [0.25, 0.3) is 5.56 Å². The standard InChI is InChI=1S/C16H12N4O2/c1-22-11-8-6-10(7-9-11)14-17-18-15-12-4-2-3-5-13(12)16(21)19-20(14)15/h2-9H,1H3,(H,19,21). The lowest BCUT2D eigenvalue weighted by Gasteiger charge is -2.03. The van der Waals surface area contributed by atoms with E-state index in [0.717, 1.165) is 16.7 Å². The van der Waals surface area contributed by atoms with Crippen molar-refractivity contribution >= 4 is 16.4 Å². The smallest absolute Gasteiger partial charge is 0.270 e. The Morgan fingerprint density at radius 2 is 1.73 bits per heavy atom. The molecule has 6 nitrogen and oxygen atoms in total. The van der Waals surface area contributed by atoms with Gasteiger partial charge in [0, 0.05) is 10.9 Å². The third kappa shape index (κ3) is 1.77. The molecule has 0 atom stereocenters. The molecular weight excluding hydrogens is 280 g/mol. The lowest BCUT2D eigenvalue weighted by Crippen LogP contribution is -2.12. The van der Waals surface area contributed by atoms with Crippen molar-refractivity contribution in [1.82, 2.24) is 19.8 Å². The molecule has 2 aromatic carbocycles. The van der Waals surface area contributed by atoms with Gasteiger partial charge in [-0.25, -0.2) is 4.52 Å². The SMILES string of the molecule is COc1ccc(-c2nnc3c4ccccc4c(=O)[nH]n23)cc1. The zero-order valence-corrected chi connectivity index (χ0v) is 11.8. The van der Waals surface area contributed by atoms with Crippen LogP contribution < -0.4 is 10.3 Å². The van der Waals surface area contributed by atoms with Crippen LogP contribution in [0.15, 0.2) is 53.3 Å². The molecule has 22 heavy (non-hydrogen) atoms. The fraction of sp³-hybridized carbons (Fsp3) is 0.0625. The number of ether oxygens (including phenoxy) is 1. The van der Waals surface area contributed by atoms with E-state index in [9.17, 15) is 4.79 Å². The summed E-state index contributed by atoms with van der Waals surface area (Å²) < 4.78 is 6.77. The largest absolute Gasteiger partial charge is 0.497 e. The molecule has 108 valence electrons. The predicted octanol–water partition coefficient (Wildman–Crippen LogP) is 2.25. The summed E-state index contributed by atoms with van der Waals surface area (Å²) in [5.74, 6) is 1.34. The Bertz CT molecular complexity index is 1030. The molecule has 0 unspecified atom stereocenters. The number of hydrogen-bond acceptors (Lipinski definition) is 4. The van der Waals surface area contributed by atoms with Crippen LogP contribution in [0.4, 0.5) is 0 Å².